The van der Waals surface area contributed by atoms with Crippen molar-refractivity contribution >= 4 is 58.3 Å². The minimum atomic E-state index is 0.251. The van der Waals surface area contributed by atoms with Gasteiger partial charge < -0.3 is 4.57 Å². The van der Waals surface area contributed by atoms with Crippen LogP contribution in [0, 0.1) is 6.92 Å². The summed E-state index contributed by atoms with van der Waals surface area (Å²) in [5, 5.41) is 2.38. The largest absolute Gasteiger partial charge is 0.334 e. The molecular formula is C19H17Cl3N2S2. The minimum Gasteiger partial charge on any atom is -0.334 e. The van der Waals surface area contributed by atoms with Gasteiger partial charge in [-0.05, 0) is 31.2 Å². The maximum absolute atomic E-state index is 6.38. The molecule has 1 atom stereocenters. The van der Waals surface area contributed by atoms with Gasteiger partial charge in [-0.2, -0.15) is 0 Å². The van der Waals surface area contributed by atoms with Crippen LogP contribution in [-0.4, -0.2) is 20.6 Å². The van der Waals surface area contributed by atoms with Gasteiger partial charge >= 0.3 is 0 Å². The molecule has 0 radical (unpaired) electrons. The summed E-state index contributed by atoms with van der Waals surface area (Å²) < 4.78 is 2.15. The maximum atomic E-state index is 6.38. The lowest BCUT2D eigenvalue weighted by Crippen LogP contribution is -2.16. The van der Waals surface area contributed by atoms with Gasteiger partial charge in [-0.15, -0.1) is 23.5 Å². The zero-order valence-electron chi connectivity index (χ0n) is 14.0. The molecule has 0 spiro atoms. The first kappa shape index (κ1) is 20.0. The first-order valence-electron chi connectivity index (χ1n) is 8.00. The van der Waals surface area contributed by atoms with E-state index < -0.39 is 0 Å². The Bertz CT molecular complexity index is 862. The van der Waals surface area contributed by atoms with Gasteiger partial charge in [0.15, 0.2) is 0 Å². The van der Waals surface area contributed by atoms with E-state index in [1.807, 2.05) is 61.8 Å². The number of hydrogen-bond acceptors (Lipinski definition) is 3. The number of halogens is 3. The molecule has 2 nitrogen and oxygen atoms in total. The van der Waals surface area contributed by atoms with E-state index in [0.717, 1.165) is 32.9 Å². The molecule has 1 aromatic heterocycles. The number of aromatic nitrogens is 2. The van der Waals surface area contributed by atoms with Crippen LogP contribution in [0.2, 0.25) is 15.1 Å². The van der Waals surface area contributed by atoms with Gasteiger partial charge in [-0.25, -0.2) is 4.98 Å². The molecule has 0 bridgehead atoms. The molecule has 3 aromatic rings. The van der Waals surface area contributed by atoms with Gasteiger partial charge in [-0.1, -0.05) is 53.0 Å². The van der Waals surface area contributed by atoms with E-state index in [0.29, 0.717) is 10.0 Å². The molecule has 0 saturated carbocycles. The molecule has 0 aliphatic rings. The molecule has 2 aromatic carbocycles. The predicted octanol–water partition coefficient (Wildman–Crippen LogP) is 7.10. The molecule has 0 aliphatic heterocycles. The Morgan fingerprint density at radius 1 is 1.00 bits per heavy atom. The van der Waals surface area contributed by atoms with Crippen LogP contribution in [-0.2, 0) is 6.54 Å². The third kappa shape index (κ3) is 5.14. The first-order valence-corrected chi connectivity index (χ1v) is 11.0. The molecule has 3 rings (SSSR count). The van der Waals surface area contributed by atoms with E-state index in [1.54, 1.807) is 23.5 Å². The van der Waals surface area contributed by atoms with Gasteiger partial charge in [0.05, 0.1) is 15.1 Å². The number of nitrogens with zero attached hydrogens (tertiary/aromatic N) is 2. The summed E-state index contributed by atoms with van der Waals surface area (Å²) in [6.07, 6.45) is 3.82. The van der Waals surface area contributed by atoms with Gasteiger partial charge in [0.25, 0.3) is 0 Å². The van der Waals surface area contributed by atoms with Crippen molar-refractivity contribution in [1.82, 2.24) is 9.55 Å². The van der Waals surface area contributed by atoms with Crippen molar-refractivity contribution in [3.8, 4) is 0 Å². The Kier molecular flexibility index (Phi) is 7.24. The second-order valence-corrected chi connectivity index (χ2v) is 9.25. The summed E-state index contributed by atoms with van der Waals surface area (Å²) in [6, 6.07) is 13.5. The van der Waals surface area contributed by atoms with Gasteiger partial charge in [0.2, 0.25) is 0 Å². The molecule has 136 valence electrons. The predicted molar refractivity (Wildman–Crippen MR) is 115 cm³/mol. The Labute approximate surface area is 177 Å². The summed E-state index contributed by atoms with van der Waals surface area (Å²) in [5.41, 5.74) is 0. The highest BCUT2D eigenvalue weighted by molar-refractivity contribution is 8.03. The van der Waals surface area contributed by atoms with Crippen molar-refractivity contribution in [2.75, 3.05) is 5.75 Å². The standard InChI is InChI=1S/C19H17Cl3N2S2/c1-13-23-9-10-24(13)11-14(12-25-18-8-3-2-5-15(18)20)26-19-16(21)6-4-7-17(19)22/h2-10,14H,11-12H2,1H3. The highest BCUT2D eigenvalue weighted by atomic mass is 35.5. The van der Waals surface area contributed by atoms with Crippen molar-refractivity contribution in [3.05, 3.63) is 75.8 Å². The van der Waals surface area contributed by atoms with Crippen molar-refractivity contribution in [3.63, 3.8) is 0 Å². The Balaban J connectivity index is 1.79. The SMILES string of the molecule is Cc1nccn1CC(CSc1ccccc1Cl)Sc1c(Cl)cccc1Cl. The zero-order valence-corrected chi connectivity index (χ0v) is 17.9. The third-order valence-corrected chi connectivity index (χ3v) is 7.86. The van der Waals surface area contributed by atoms with Gasteiger partial charge in [0.1, 0.15) is 5.82 Å². The van der Waals surface area contributed by atoms with Crippen LogP contribution in [0.3, 0.4) is 0 Å². The molecule has 0 aliphatic carbocycles. The third-order valence-electron chi connectivity index (χ3n) is 3.79. The van der Waals surface area contributed by atoms with Crippen molar-refractivity contribution in [2.24, 2.45) is 0 Å². The maximum Gasteiger partial charge on any atom is 0.105 e. The molecule has 0 amide bonds. The monoisotopic (exact) mass is 442 g/mol. The van der Waals surface area contributed by atoms with Gasteiger partial charge in [-0.3, -0.25) is 0 Å². The minimum absolute atomic E-state index is 0.251. The summed E-state index contributed by atoms with van der Waals surface area (Å²) >= 11 is 22.5. The smallest absolute Gasteiger partial charge is 0.105 e. The normalized spacial score (nSPS) is 12.3. The van der Waals surface area contributed by atoms with Crippen LogP contribution in [0.25, 0.3) is 0 Å². The number of imidazole rings is 1. The number of thioether (sulfide) groups is 2. The lowest BCUT2D eigenvalue weighted by molar-refractivity contribution is 0.673. The summed E-state index contributed by atoms with van der Waals surface area (Å²) in [4.78, 5) is 6.31. The van der Waals surface area contributed by atoms with Crippen LogP contribution >= 0.6 is 58.3 Å². The van der Waals surface area contributed by atoms with E-state index in [-0.39, 0.29) is 5.25 Å². The molecule has 1 unspecified atom stereocenters. The highest BCUT2D eigenvalue weighted by Crippen LogP contribution is 2.39. The van der Waals surface area contributed by atoms with E-state index >= 15 is 0 Å². The number of aryl methyl sites for hydroxylation is 1. The van der Waals surface area contributed by atoms with Crippen LogP contribution in [0.4, 0.5) is 0 Å². The molecule has 0 saturated heterocycles. The summed E-state index contributed by atoms with van der Waals surface area (Å²) in [5.74, 6) is 1.86. The second kappa shape index (κ2) is 9.43. The Morgan fingerprint density at radius 3 is 2.35 bits per heavy atom. The Hall–Kier alpha value is -0.780. The molecule has 26 heavy (non-hydrogen) atoms. The van der Waals surface area contributed by atoms with Crippen molar-refractivity contribution in [2.45, 2.75) is 28.5 Å². The van der Waals surface area contributed by atoms with Crippen LogP contribution < -0.4 is 0 Å². The number of rotatable bonds is 7. The van der Waals surface area contributed by atoms with E-state index in [2.05, 4.69) is 9.55 Å². The number of hydrogen-bond donors (Lipinski definition) is 0. The average Bonchev–Trinajstić information content (AvgIpc) is 3.02. The fourth-order valence-electron chi connectivity index (χ4n) is 2.45. The molecular weight excluding hydrogens is 427 g/mol. The highest BCUT2D eigenvalue weighted by Gasteiger charge is 2.17. The summed E-state index contributed by atoms with van der Waals surface area (Å²) in [6.45, 7) is 2.82. The quantitative estimate of drug-likeness (QED) is 0.362. The lowest BCUT2D eigenvalue weighted by Gasteiger charge is -2.19. The second-order valence-electron chi connectivity index (χ2n) is 5.66. The topological polar surface area (TPSA) is 17.8 Å². The van der Waals surface area contributed by atoms with Gasteiger partial charge in [0, 0.05) is 39.7 Å². The van der Waals surface area contributed by atoms with Crippen LogP contribution in [0.5, 0.6) is 0 Å². The Morgan fingerprint density at radius 2 is 1.69 bits per heavy atom. The van der Waals surface area contributed by atoms with Crippen LogP contribution in [0.1, 0.15) is 5.82 Å². The molecule has 0 N–H and O–H groups in total. The lowest BCUT2D eigenvalue weighted by atomic mass is 10.4. The van der Waals surface area contributed by atoms with Crippen molar-refractivity contribution < 1.29 is 0 Å². The molecule has 7 heteroatoms. The van der Waals surface area contributed by atoms with Crippen molar-refractivity contribution in [1.29, 1.82) is 0 Å². The molecule has 0 fully saturated rings. The van der Waals surface area contributed by atoms with E-state index in [9.17, 15) is 0 Å². The number of benzene rings is 2. The summed E-state index contributed by atoms with van der Waals surface area (Å²) in [7, 11) is 0. The fourth-order valence-corrected chi connectivity index (χ4v) is 5.67. The average molecular weight is 444 g/mol. The zero-order chi connectivity index (χ0) is 18.5. The van der Waals surface area contributed by atoms with E-state index in [1.165, 1.54) is 0 Å². The first-order chi connectivity index (χ1) is 12.5. The van der Waals surface area contributed by atoms with E-state index in [4.69, 9.17) is 34.8 Å². The van der Waals surface area contributed by atoms with Crippen LogP contribution in [0.15, 0.2) is 64.6 Å². The fraction of sp³-hybridized carbons (Fsp3) is 0.211. The molecule has 1 heterocycles.